The third-order valence-electron chi connectivity index (χ3n) is 6.00. The van der Waals surface area contributed by atoms with Crippen molar-refractivity contribution in [2.24, 2.45) is 0 Å². The normalized spacial score (nSPS) is 18.8. The molecule has 10 heteroatoms. The lowest BCUT2D eigenvalue weighted by atomic mass is 10.1. The molecule has 1 aliphatic heterocycles. The van der Waals surface area contributed by atoms with Crippen LogP contribution in [0.2, 0.25) is 5.02 Å². The van der Waals surface area contributed by atoms with Gasteiger partial charge in [0.15, 0.2) is 0 Å². The Kier molecular flexibility index (Phi) is 5.43. The minimum absolute atomic E-state index is 0.0274. The topological polar surface area (TPSA) is 112 Å². The van der Waals surface area contributed by atoms with Gasteiger partial charge in [0, 0.05) is 47.2 Å². The Balaban J connectivity index is 1.50. The third-order valence-corrected chi connectivity index (χ3v) is 8.44. The van der Waals surface area contributed by atoms with Gasteiger partial charge in [-0.1, -0.05) is 23.7 Å². The van der Waals surface area contributed by atoms with Gasteiger partial charge in [-0.25, -0.2) is 4.21 Å². The highest BCUT2D eigenvalue weighted by molar-refractivity contribution is 7.93. The van der Waals surface area contributed by atoms with E-state index in [1.165, 1.54) is 23.0 Å². The number of fused-ring (bicyclic) bond motifs is 1. The van der Waals surface area contributed by atoms with Crippen LogP contribution in [0, 0.1) is 4.78 Å². The number of amides is 2. The first-order valence-electron chi connectivity index (χ1n) is 9.90. The SMILES string of the molecule is C[S@@](=N)(=O)C1(CN2CCn3c(ccc(C(=O)NCc4ccc(Cl)cc4)c3=O)C2=O)CC1. The van der Waals surface area contributed by atoms with E-state index >= 15 is 0 Å². The molecule has 0 spiro atoms. The predicted octanol–water partition coefficient (Wildman–Crippen LogP) is 2.10. The second-order valence-electron chi connectivity index (χ2n) is 8.15. The number of carbonyl (C=O) groups excluding carboxylic acids is 2. The first-order valence-corrected chi connectivity index (χ1v) is 12.2. The summed E-state index contributed by atoms with van der Waals surface area (Å²) in [5.41, 5.74) is 0.506. The minimum atomic E-state index is -2.77. The predicted molar refractivity (Wildman–Crippen MR) is 118 cm³/mol. The Labute approximate surface area is 185 Å². The van der Waals surface area contributed by atoms with Gasteiger partial charge in [-0.15, -0.1) is 0 Å². The molecule has 2 N–H and O–H groups in total. The maximum Gasteiger partial charge on any atom is 0.270 e. The summed E-state index contributed by atoms with van der Waals surface area (Å²) in [7, 11) is -2.77. The summed E-state index contributed by atoms with van der Waals surface area (Å²) >= 11 is 5.86. The van der Waals surface area contributed by atoms with Crippen LogP contribution in [0.1, 0.15) is 39.3 Å². The van der Waals surface area contributed by atoms with Crippen molar-refractivity contribution in [3.05, 3.63) is 68.6 Å². The van der Waals surface area contributed by atoms with Crippen LogP contribution in [0.4, 0.5) is 0 Å². The molecule has 1 saturated carbocycles. The van der Waals surface area contributed by atoms with E-state index in [0.717, 1.165) is 5.56 Å². The third kappa shape index (κ3) is 4.12. The van der Waals surface area contributed by atoms with Crippen LogP contribution in [0.25, 0.3) is 0 Å². The number of aromatic nitrogens is 1. The van der Waals surface area contributed by atoms with E-state index in [2.05, 4.69) is 5.32 Å². The van der Waals surface area contributed by atoms with Crippen molar-refractivity contribution >= 4 is 33.1 Å². The van der Waals surface area contributed by atoms with Gasteiger partial charge >= 0.3 is 0 Å². The van der Waals surface area contributed by atoms with Gasteiger partial charge in [0.1, 0.15) is 11.3 Å². The molecule has 0 unspecified atom stereocenters. The van der Waals surface area contributed by atoms with Gasteiger partial charge in [-0.2, -0.15) is 0 Å². The smallest absolute Gasteiger partial charge is 0.270 e. The lowest BCUT2D eigenvalue weighted by molar-refractivity contribution is 0.0695. The molecule has 4 rings (SSSR count). The molecule has 2 heterocycles. The molecule has 8 nitrogen and oxygen atoms in total. The van der Waals surface area contributed by atoms with E-state index in [9.17, 15) is 18.6 Å². The molecular formula is C21H23ClN4O4S. The average molecular weight is 463 g/mol. The number of nitrogens with one attached hydrogen (secondary N) is 2. The first kappa shape index (κ1) is 21.6. The van der Waals surface area contributed by atoms with E-state index in [1.807, 2.05) is 0 Å². The fourth-order valence-corrected chi connectivity index (χ4v) is 5.24. The standard InChI is InChI=1S/C21H23ClN4O4S/c1-31(23,30)21(8-9-21)13-25-10-11-26-17(20(25)29)7-6-16(19(26)28)18(27)24-12-14-2-4-15(22)5-3-14/h2-7,23H,8-13H2,1H3,(H,24,27)/t31-/m1/s1. The van der Waals surface area contributed by atoms with Crippen molar-refractivity contribution in [3.8, 4) is 0 Å². The quantitative estimate of drug-likeness (QED) is 0.684. The molecule has 2 aromatic rings. The van der Waals surface area contributed by atoms with Crippen LogP contribution in [-0.4, -0.2) is 49.6 Å². The maximum atomic E-state index is 12.9. The fourth-order valence-electron chi connectivity index (χ4n) is 3.83. The van der Waals surface area contributed by atoms with Crippen LogP contribution in [0.5, 0.6) is 0 Å². The lowest BCUT2D eigenvalue weighted by Gasteiger charge is -2.32. The number of pyridine rings is 1. The Morgan fingerprint density at radius 3 is 2.45 bits per heavy atom. The molecule has 2 aliphatic rings. The van der Waals surface area contributed by atoms with E-state index in [-0.39, 0.29) is 43.3 Å². The largest absolute Gasteiger partial charge is 0.348 e. The molecule has 1 aromatic carbocycles. The number of benzene rings is 1. The number of hydrogen-bond acceptors (Lipinski definition) is 5. The van der Waals surface area contributed by atoms with Crippen LogP contribution < -0.4 is 10.9 Å². The Morgan fingerprint density at radius 2 is 1.84 bits per heavy atom. The van der Waals surface area contributed by atoms with Gasteiger partial charge in [-0.3, -0.25) is 19.2 Å². The van der Waals surface area contributed by atoms with E-state index in [4.69, 9.17) is 16.4 Å². The van der Waals surface area contributed by atoms with Crippen molar-refractivity contribution in [1.29, 1.82) is 4.78 Å². The molecule has 1 atom stereocenters. The molecule has 0 saturated heterocycles. The summed E-state index contributed by atoms with van der Waals surface area (Å²) in [6, 6.07) is 9.86. The summed E-state index contributed by atoms with van der Waals surface area (Å²) in [6.45, 7) is 1.02. The Bertz CT molecular complexity index is 1220. The van der Waals surface area contributed by atoms with Crippen molar-refractivity contribution < 1.29 is 13.8 Å². The van der Waals surface area contributed by atoms with Crippen LogP contribution in [0.3, 0.4) is 0 Å². The molecule has 1 aliphatic carbocycles. The molecule has 2 amide bonds. The molecule has 1 aromatic heterocycles. The number of halogens is 1. The van der Waals surface area contributed by atoms with E-state index in [1.54, 1.807) is 29.2 Å². The van der Waals surface area contributed by atoms with Crippen molar-refractivity contribution in [3.63, 3.8) is 0 Å². The average Bonchev–Trinajstić information content (AvgIpc) is 3.51. The van der Waals surface area contributed by atoms with Gasteiger partial charge in [0.05, 0.1) is 4.75 Å². The maximum absolute atomic E-state index is 12.9. The van der Waals surface area contributed by atoms with Gasteiger partial charge < -0.3 is 14.8 Å². The second-order valence-corrected chi connectivity index (χ2v) is 11.1. The summed E-state index contributed by atoms with van der Waals surface area (Å²) < 4.78 is 20.9. The highest BCUT2D eigenvalue weighted by atomic mass is 35.5. The molecular weight excluding hydrogens is 440 g/mol. The summed E-state index contributed by atoms with van der Waals surface area (Å²) in [5.74, 6) is -0.853. The van der Waals surface area contributed by atoms with Crippen LogP contribution >= 0.6 is 11.6 Å². The van der Waals surface area contributed by atoms with Crippen LogP contribution in [-0.2, 0) is 22.8 Å². The monoisotopic (exact) mass is 462 g/mol. The van der Waals surface area contributed by atoms with Crippen molar-refractivity contribution in [1.82, 2.24) is 14.8 Å². The van der Waals surface area contributed by atoms with Gasteiger partial charge in [-0.05, 0) is 42.7 Å². The first-order chi connectivity index (χ1) is 14.6. The fraction of sp³-hybridized carbons (Fsp3) is 0.381. The Morgan fingerprint density at radius 1 is 1.16 bits per heavy atom. The molecule has 1 fully saturated rings. The zero-order valence-electron chi connectivity index (χ0n) is 17.0. The van der Waals surface area contributed by atoms with E-state index in [0.29, 0.717) is 17.9 Å². The van der Waals surface area contributed by atoms with Crippen molar-refractivity contribution in [2.75, 3.05) is 19.3 Å². The highest BCUT2D eigenvalue weighted by Gasteiger charge is 2.51. The van der Waals surface area contributed by atoms with Crippen LogP contribution in [0.15, 0.2) is 41.2 Å². The number of hydrogen-bond donors (Lipinski definition) is 2. The number of nitrogens with zero attached hydrogens (tertiary/aromatic N) is 2. The lowest BCUT2D eigenvalue weighted by Crippen LogP contribution is -2.49. The molecule has 164 valence electrons. The van der Waals surface area contributed by atoms with E-state index < -0.39 is 25.9 Å². The zero-order valence-corrected chi connectivity index (χ0v) is 18.6. The summed E-state index contributed by atoms with van der Waals surface area (Å²) in [4.78, 5) is 39.9. The zero-order chi connectivity index (χ0) is 22.4. The van der Waals surface area contributed by atoms with Gasteiger partial charge in [0.25, 0.3) is 17.4 Å². The molecule has 0 bridgehead atoms. The van der Waals surface area contributed by atoms with Gasteiger partial charge in [0.2, 0.25) is 0 Å². The molecule has 31 heavy (non-hydrogen) atoms. The number of carbonyl (C=O) groups is 2. The Hall–Kier alpha value is -2.65. The highest BCUT2D eigenvalue weighted by Crippen LogP contribution is 2.44. The molecule has 0 radical (unpaired) electrons. The number of rotatable bonds is 6. The minimum Gasteiger partial charge on any atom is -0.348 e. The summed E-state index contributed by atoms with van der Waals surface area (Å²) in [5, 5.41) is 3.31. The second kappa shape index (κ2) is 7.80. The van der Waals surface area contributed by atoms with Crippen molar-refractivity contribution in [2.45, 2.75) is 30.7 Å². The summed E-state index contributed by atoms with van der Waals surface area (Å²) in [6.07, 6.45) is 2.74.